The van der Waals surface area contributed by atoms with Crippen LogP contribution < -0.4 is 10.6 Å². The Morgan fingerprint density at radius 3 is 2.69 bits per heavy atom. The Balaban J connectivity index is 1.27. The van der Waals surface area contributed by atoms with Crippen LogP contribution in [0.2, 0.25) is 0 Å². The molecule has 1 aromatic heterocycles. The summed E-state index contributed by atoms with van der Waals surface area (Å²) in [5.41, 5.74) is 0.742. The van der Waals surface area contributed by atoms with Crippen LogP contribution in [0.1, 0.15) is 56.0 Å². The van der Waals surface area contributed by atoms with E-state index in [0.717, 1.165) is 25.8 Å². The van der Waals surface area contributed by atoms with E-state index in [1.807, 2.05) is 0 Å². The normalized spacial score (nSPS) is 20.0. The van der Waals surface area contributed by atoms with Gasteiger partial charge in [-0.05, 0) is 32.6 Å². The van der Waals surface area contributed by atoms with E-state index < -0.39 is 12.0 Å². The molecule has 1 saturated carbocycles. The van der Waals surface area contributed by atoms with Gasteiger partial charge in [-0.3, -0.25) is 19.9 Å². The third-order valence-corrected chi connectivity index (χ3v) is 6.24. The van der Waals surface area contributed by atoms with Crippen molar-refractivity contribution in [1.29, 1.82) is 0 Å². The van der Waals surface area contributed by atoms with Crippen LogP contribution in [-0.2, 0) is 9.59 Å². The fraction of sp³-hybridized carbons (Fsp3) is 0.619. The summed E-state index contributed by atoms with van der Waals surface area (Å²) >= 11 is 0. The van der Waals surface area contributed by atoms with Gasteiger partial charge in [-0.2, -0.15) is 0 Å². The molecule has 11 nitrogen and oxygen atoms in total. The van der Waals surface area contributed by atoms with Crippen molar-refractivity contribution in [3.63, 3.8) is 0 Å². The average molecular weight is 444 g/mol. The summed E-state index contributed by atoms with van der Waals surface area (Å²) in [6, 6.07) is -0.856. The van der Waals surface area contributed by atoms with Gasteiger partial charge in [0.15, 0.2) is 5.96 Å². The van der Waals surface area contributed by atoms with Gasteiger partial charge < -0.3 is 20.2 Å². The molecule has 2 fully saturated rings. The second-order valence-electron chi connectivity index (χ2n) is 8.68. The van der Waals surface area contributed by atoms with Gasteiger partial charge in [0.05, 0.1) is 12.5 Å². The van der Waals surface area contributed by atoms with E-state index >= 15 is 0 Å². The highest BCUT2D eigenvalue weighted by Gasteiger charge is 2.44. The number of hydrogen-bond acceptors (Lipinski definition) is 7. The number of guanidine groups is 1. The molecule has 3 aliphatic rings. The fourth-order valence-electron chi connectivity index (χ4n) is 4.20. The Morgan fingerprint density at radius 2 is 2.00 bits per heavy atom. The Labute approximate surface area is 186 Å². The van der Waals surface area contributed by atoms with E-state index in [4.69, 9.17) is 0 Å². The summed E-state index contributed by atoms with van der Waals surface area (Å²) in [4.78, 5) is 52.4. The van der Waals surface area contributed by atoms with Gasteiger partial charge in [-0.1, -0.05) is 0 Å². The number of nitrogens with one attached hydrogen (secondary N) is 2. The van der Waals surface area contributed by atoms with Crippen LogP contribution in [0, 0.1) is 6.92 Å². The van der Waals surface area contributed by atoms with E-state index in [2.05, 4.69) is 25.6 Å². The lowest BCUT2D eigenvalue weighted by Gasteiger charge is -2.27. The number of amides is 3. The molecule has 0 unspecified atom stereocenters. The smallest absolute Gasteiger partial charge is 0.320 e. The highest BCUT2D eigenvalue weighted by molar-refractivity contribution is 5.97. The summed E-state index contributed by atoms with van der Waals surface area (Å²) < 4.78 is 0. The van der Waals surface area contributed by atoms with E-state index in [1.54, 1.807) is 29.1 Å². The number of rotatable bonds is 8. The first kappa shape index (κ1) is 22.0. The van der Waals surface area contributed by atoms with Crippen LogP contribution >= 0.6 is 0 Å². The second kappa shape index (κ2) is 9.09. The van der Waals surface area contributed by atoms with Crippen LogP contribution in [-0.4, -0.2) is 80.5 Å². The number of aliphatic imine (C=N–C) groups is 1. The standard InChI is InChI=1S/C21H29N7O4/c1-14-23-12-15(13-24-14)16(11-18(30)31)28-10-9-27(20(28)32)8-2-3-17(29)25-19-22-7-6-21(26-19)4-5-21/h12-13,16H,2-11H2,1H3,(H,30,31)(H2,22,25,26,29)/t16-/m0/s1. The topological polar surface area (TPSA) is 140 Å². The lowest BCUT2D eigenvalue weighted by molar-refractivity contribution is -0.138. The highest BCUT2D eigenvalue weighted by atomic mass is 16.4. The summed E-state index contributed by atoms with van der Waals surface area (Å²) in [5.74, 6) is 0.0138. The molecular formula is C21H29N7O4. The summed E-state index contributed by atoms with van der Waals surface area (Å²) in [6.45, 7) is 3.80. The molecule has 3 N–H and O–H groups in total. The molecule has 4 rings (SSSR count). The molecule has 2 aliphatic heterocycles. The number of carbonyl (C=O) groups is 3. The number of carboxylic acids is 1. The molecule has 0 aromatic carbocycles. The molecule has 3 heterocycles. The van der Waals surface area contributed by atoms with E-state index in [9.17, 15) is 19.5 Å². The summed E-state index contributed by atoms with van der Waals surface area (Å²) in [6.07, 6.45) is 6.97. The molecule has 172 valence electrons. The van der Waals surface area contributed by atoms with Crippen molar-refractivity contribution in [2.75, 3.05) is 26.2 Å². The van der Waals surface area contributed by atoms with Crippen molar-refractivity contribution in [2.45, 2.75) is 57.0 Å². The minimum Gasteiger partial charge on any atom is -0.481 e. The van der Waals surface area contributed by atoms with Crippen molar-refractivity contribution < 1.29 is 19.5 Å². The predicted octanol–water partition coefficient (Wildman–Crippen LogP) is 0.817. The first-order valence-corrected chi connectivity index (χ1v) is 11.0. The molecule has 0 bridgehead atoms. The number of aromatic nitrogens is 2. The van der Waals surface area contributed by atoms with Crippen LogP contribution in [0.25, 0.3) is 0 Å². The number of hydrogen-bond donors (Lipinski definition) is 3. The molecule has 32 heavy (non-hydrogen) atoms. The maximum absolute atomic E-state index is 12.9. The molecule has 1 aliphatic carbocycles. The van der Waals surface area contributed by atoms with Crippen molar-refractivity contribution in [2.24, 2.45) is 4.99 Å². The van der Waals surface area contributed by atoms with E-state index in [0.29, 0.717) is 43.4 Å². The SMILES string of the molecule is Cc1ncc([C@H](CC(=O)O)N2CCN(CCCC(=O)NC3=NCCC4(CC4)N3)C2=O)cn1. The van der Waals surface area contributed by atoms with Crippen molar-refractivity contribution in [1.82, 2.24) is 30.4 Å². The van der Waals surface area contributed by atoms with Crippen molar-refractivity contribution in [3.05, 3.63) is 23.8 Å². The zero-order valence-corrected chi connectivity index (χ0v) is 18.2. The minimum absolute atomic E-state index is 0.127. The van der Waals surface area contributed by atoms with Crippen LogP contribution in [0.3, 0.4) is 0 Å². The summed E-state index contributed by atoms with van der Waals surface area (Å²) in [5, 5.41) is 15.5. The molecule has 1 saturated heterocycles. The number of carbonyl (C=O) groups excluding carboxylic acids is 2. The summed E-state index contributed by atoms with van der Waals surface area (Å²) in [7, 11) is 0. The number of urea groups is 1. The first-order chi connectivity index (χ1) is 15.3. The zero-order valence-electron chi connectivity index (χ0n) is 18.2. The van der Waals surface area contributed by atoms with Crippen molar-refractivity contribution >= 4 is 23.9 Å². The van der Waals surface area contributed by atoms with Gasteiger partial charge in [0.25, 0.3) is 0 Å². The van der Waals surface area contributed by atoms with E-state index in [-0.39, 0.29) is 30.3 Å². The van der Waals surface area contributed by atoms with E-state index in [1.165, 1.54) is 0 Å². The molecule has 1 atom stereocenters. The van der Waals surface area contributed by atoms with Crippen LogP contribution in [0.15, 0.2) is 17.4 Å². The quantitative estimate of drug-likeness (QED) is 0.540. The zero-order chi connectivity index (χ0) is 22.7. The molecule has 1 spiro atoms. The third kappa shape index (κ3) is 5.14. The molecular weight excluding hydrogens is 414 g/mol. The third-order valence-electron chi connectivity index (χ3n) is 6.24. The largest absolute Gasteiger partial charge is 0.481 e. The van der Waals surface area contributed by atoms with Gasteiger partial charge in [0, 0.05) is 56.1 Å². The van der Waals surface area contributed by atoms with Gasteiger partial charge in [-0.15, -0.1) is 0 Å². The maximum Gasteiger partial charge on any atom is 0.320 e. The number of carboxylic acid groups (broad SMARTS) is 1. The Hall–Kier alpha value is -3.24. The minimum atomic E-state index is -0.995. The van der Waals surface area contributed by atoms with Crippen LogP contribution in [0.5, 0.6) is 0 Å². The first-order valence-electron chi connectivity index (χ1n) is 11.0. The number of nitrogens with zero attached hydrogens (tertiary/aromatic N) is 5. The second-order valence-corrected chi connectivity index (χ2v) is 8.68. The fourth-order valence-corrected chi connectivity index (χ4v) is 4.20. The highest BCUT2D eigenvalue weighted by Crippen LogP contribution is 2.39. The average Bonchev–Trinajstić information content (AvgIpc) is 3.39. The molecule has 11 heteroatoms. The van der Waals surface area contributed by atoms with Crippen LogP contribution in [0.4, 0.5) is 4.79 Å². The van der Waals surface area contributed by atoms with Crippen molar-refractivity contribution in [3.8, 4) is 0 Å². The Bertz CT molecular complexity index is 913. The lowest BCUT2D eigenvalue weighted by Crippen LogP contribution is -2.50. The van der Waals surface area contributed by atoms with Gasteiger partial charge in [0.1, 0.15) is 5.82 Å². The number of aliphatic carboxylic acids is 1. The monoisotopic (exact) mass is 443 g/mol. The predicted molar refractivity (Wildman–Crippen MR) is 115 cm³/mol. The molecule has 3 amide bonds. The molecule has 1 aromatic rings. The lowest BCUT2D eigenvalue weighted by atomic mass is 10.1. The van der Waals surface area contributed by atoms with Gasteiger partial charge in [0.2, 0.25) is 5.91 Å². The Kier molecular flexibility index (Phi) is 6.24. The molecule has 0 radical (unpaired) electrons. The Morgan fingerprint density at radius 1 is 1.25 bits per heavy atom. The van der Waals surface area contributed by atoms with Gasteiger partial charge >= 0.3 is 12.0 Å². The maximum atomic E-state index is 12.9. The number of aryl methyl sites for hydroxylation is 1. The van der Waals surface area contributed by atoms with Gasteiger partial charge in [-0.25, -0.2) is 14.8 Å².